The molecule has 1 aliphatic heterocycles. The van der Waals surface area contributed by atoms with Crippen LogP contribution < -0.4 is 0 Å². The lowest BCUT2D eigenvalue weighted by atomic mass is 9.97. The third-order valence-electron chi connectivity index (χ3n) is 3.76. The Morgan fingerprint density at radius 2 is 2.14 bits per heavy atom. The van der Waals surface area contributed by atoms with Crippen LogP contribution in [-0.2, 0) is 4.79 Å². The van der Waals surface area contributed by atoms with Gasteiger partial charge in [0.15, 0.2) is 0 Å². The summed E-state index contributed by atoms with van der Waals surface area (Å²) in [5.74, 6) is -0.940. The van der Waals surface area contributed by atoms with Gasteiger partial charge in [0.2, 0.25) is 0 Å². The van der Waals surface area contributed by atoms with Gasteiger partial charge in [-0.1, -0.05) is 17.7 Å². The number of amides is 1. The molecule has 1 saturated heterocycles. The van der Waals surface area contributed by atoms with Gasteiger partial charge in [-0.15, -0.1) is 0 Å². The number of carbonyl (C=O) groups excluding carboxylic acids is 1. The van der Waals surface area contributed by atoms with Gasteiger partial charge < -0.3 is 10.0 Å². The van der Waals surface area contributed by atoms with Crippen molar-refractivity contribution in [3.63, 3.8) is 0 Å². The Kier molecular flexibility index (Phi) is 5.65. The Hall–Kier alpha value is -1.07. The molecule has 1 atom stereocenters. The van der Waals surface area contributed by atoms with Crippen LogP contribution in [0.1, 0.15) is 42.5 Å². The third-order valence-corrected chi connectivity index (χ3v) is 5.06. The normalized spacial score (nSPS) is 18.6. The van der Waals surface area contributed by atoms with E-state index in [9.17, 15) is 9.59 Å². The zero-order valence-electron chi connectivity index (χ0n) is 11.5. The molecule has 0 saturated carbocycles. The second-order valence-corrected chi connectivity index (χ2v) is 6.41. The van der Waals surface area contributed by atoms with Crippen molar-refractivity contribution in [1.29, 1.82) is 0 Å². The zero-order chi connectivity index (χ0) is 15.4. The second-order valence-electron chi connectivity index (χ2n) is 5.18. The van der Waals surface area contributed by atoms with Crippen LogP contribution in [-0.4, -0.2) is 34.5 Å². The highest BCUT2D eigenvalue weighted by Crippen LogP contribution is 2.29. The Balaban J connectivity index is 2.18. The van der Waals surface area contributed by atoms with E-state index in [1.54, 1.807) is 23.1 Å². The summed E-state index contributed by atoms with van der Waals surface area (Å²) in [4.78, 5) is 25.2. The molecule has 1 unspecified atom stereocenters. The third kappa shape index (κ3) is 3.98. The minimum Gasteiger partial charge on any atom is -0.481 e. The van der Waals surface area contributed by atoms with E-state index >= 15 is 0 Å². The van der Waals surface area contributed by atoms with Gasteiger partial charge in [-0.25, -0.2) is 0 Å². The predicted octanol–water partition coefficient (Wildman–Crippen LogP) is 3.96. The summed E-state index contributed by atoms with van der Waals surface area (Å²) in [6.07, 6.45) is 3.40. The van der Waals surface area contributed by atoms with Crippen LogP contribution in [0.4, 0.5) is 0 Å². The topological polar surface area (TPSA) is 57.6 Å². The summed E-state index contributed by atoms with van der Waals surface area (Å²) in [7, 11) is 0. The van der Waals surface area contributed by atoms with E-state index in [2.05, 4.69) is 15.9 Å². The monoisotopic (exact) mass is 373 g/mol. The fraction of sp³-hybridized carbons (Fsp3) is 0.467. The molecule has 0 radical (unpaired) electrons. The van der Waals surface area contributed by atoms with E-state index in [0.29, 0.717) is 28.0 Å². The van der Waals surface area contributed by atoms with Gasteiger partial charge in [0.25, 0.3) is 5.91 Å². The lowest BCUT2D eigenvalue weighted by Gasteiger charge is -2.36. The van der Waals surface area contributed by atoms with Crippen LogP contribution in [0.15, 0.2) is 22.7 Å². The summed E-state index contributed by atoms with van der Waals surface area (Å²) >= 11 is 9.52. The van der Waals surface area contributed by atoms with Gasteiger partial charge in [0, 0.05) is 23.5 Å². The maximum atomic E-state index is 12.7. The average molecular weight is 375 g/mol. The average Bonchev–Trinajstić information content (AvgIpc) is 2.47. The number of hydrogen-bond acceptors (Lipinski definition) is 2. The summed E-state index contributed by atoms with van der Waals surface area (Å²) < 4.78 is 0.689. The van der Waals surface area contributed by atoms with Gasteiger partial charge in [-0.2, -0.15) is 0 Å². The summed E-state index contributed by atoms with van der Waals surface area (Å²) in [6.45, 7) is 0.659. The van der Waals surface area contributed by atoms with E-state index in [1.807, 2.05) is 0 Å². The van der Waals surface area contributed by atoms with E-state index < -0.39 is 5.97 Å². The first-order valence-electron chi connectivity index (χ1n) is 6.97. The molecule has 1 N–H and O–H groups in total. The van der Waals surface area contributed by atoms with Gasteiger partial charge in [-0.05, 0) is 53.7 Å². The molecule has 0 aromatic heterocycles. The Morgan fingerprint density at radius 3 is 2.86 bits per heavy atom. The molecule has 6 heteroatoms. The van der Waals surface area contributed by atoms with Crippen LogP contribution >= 0.6 is 27.5 Å². The second kappa shape index (κ2) is 7.27. The predicted molar refractivity (Wildman–Crippen MR) is 84.7 cm³/mol. The number of likely N-dealkylation sites (tertiary alicyclic amines) is 1. The van der Waals surface area contributed by atoms with Crippen LogP contribution in [0.25, 0.3) is 0 Å². The molecule has 0 bridgehead atoms. The quantitative estimate of drug-likeness (QED) is 0.868. The SMILES string of the molecule is O=C(O)CCC1CCCCN1C(=O)c1cccc(Br)c1Cl. The number of rotatable bonds is 4. The largest absolute Gasteiger partial charge is 0.481 e. The maximum Gasteiger partial charge on any atom is 0.303 e. The molecular formula is C15H17BrClNO3. The highest BCUT2D eigenvalue weighted by molar-refractivity contribution is 9.10. The van der Waals surface area contributed by atoms with Crippen LogP contribution in [0.5, 0.6) is 0 Å². The minimum atomic E-state index is -0.825. The summed E-state index contributed by atoms with van der Waals surface area (Å²) in [5, 5.41) is 9.24. The molecule has 1 aliphatic rings. The minimum absolute atomic E-state index is 0.0163. The Morgan fingerprint density at radius 1 is 1.38 bits per heavy atom. The van der Waals surface area contributed by atoms with Gasteiger partial charge >= 0.3 is 5.97 Å². The van der Waals surface area contributed by atoms with Crippen molar-refractivity contribution in [3.8, 4) is 0 Å². The van der Waals surface area contributed by atoms with Crippen LogP contribution in [0.2, 0.25) is 5.02 Å². The zero-order valence-corrected chi connectivity index (χ0v) is 13.9. The first-order valence-corrected chi connectivity index (χ1v) is 8.14. The number of carbonyl (C=O) groups is 2. The Labute approximate surface area is 137 Å². The molecule has 0 aliphatic carbocycles. The van der Waals surface area contributed by atoms with Crippen molar-refractivity contribution < 1.29 is 14.7 Å². The van der Waals surface area contributed by atoms with E-state index in [0.717, 1.165) is 19.3 Å². The molecule has 1 aromatic carbocycles. The molecule has 1 fully saturated rings. The molecular weight excluding hydrogens is 358 g/mol. The molecule has 0 spiro atoms. The van der Waals surface area contributed by atoms with Crippen molar-refractivity contribution in [1.82, 2.24) is 4.90 Å². The first kappa shape index (κ1) is 16.3. The number of halogens is 2. The molecule has 1 heterocycles. The van der Waals surface area contributed by atoms with E-state index in [1.165, 1.54) is 0 Å². The van der Waals surface area contributed by atoms with Gasteiger partial charge in [0.1, 0.15) is 0 Å². The summed E-state index contributed by atoms with van der Waals surface area (Å²) in [5.41, 5.74) is 0.466. The fourth-order valence-corrected chi connectivity index (χ4v) is 3.25. The molecule has 1 aromatic rings. The van der Waals surface area contributed by atoms with Gasteiger partial charge in [0.05, 0.1) is 10.6 Å². The smallest absolute Gasteiger partial charge is 0.303 e. The number of hydrogen-bond donors (Lipinski definition) is 1. The number of piperidine rings is 1. The highest BCUT2D eigenvalue weighted by Gasteiger charge is 2.29. The lowest BCUT2D eigenvalue weighted by Crippen LogP contribution is -2.44. The molecule has 1 amide bonds. The van der Waals surface area contributed by atoms with Crippen molar-refractivity contribution in [2.75, 3.05) is 6.54 Å². The summed E-state index contributed by atoms with van der Waals surface area (Å²) in [6, 6.07) is 5.26. The molecule has 2 rings (SSSR count). The van der Waals surface area contributed by atoms with Crippen molar-refractivity contribution in [2.45, 2.75) is 38.1 Å². The number of aliphatic carboxylic acids is 1. The van der Waals surface area contributed by atoms with Gasteiger partial charge in [-0.3, -0.25) is 9.59 Å². The Bertz CT molecular complexity index is 550. The molecule has 4 nitrogen and oxygen atoms in total. The van der Waals surface area contributed by atoms with Crippen molar-refractivity contribution in [2.24, 2.45) is 0 Å². The van der Waals surface area contributed by atoms with Crippen LogP contribution in [0, 0.1) is 0 Å². The first-order chi connectivity index (χ1) is 10.0. The number of carboxylic acids is 1. The maximum absolute atomic E-state index is 12.7. The molecule has 21 heavy (non-hydrogen) atoms. The number of carboxylic acid groups (broad SMARTS) is 1. The number of benzene rings is 1. The lowest BCUT2D eigenvalue weighted by molar-refractivity contribution is -0.137. The molecule has 114 valence electrons. The highest BCUT2D eigenvalue weighted by atomic mass is 79.9. The van der Waals surface area contributed by atoms with Crippen LogP contribution in [0.3, 0.4) is 0 Å². The van der Waals surface area contributed by atoms with Crippen molar-refractivity contribution in [3.05, 3.63) is 33.3 Å². The number of nitrogens with zero attached hydrogens (tertiary/aromatic N) is 1. The van der Waals surface area contributed by atoms with Crippen molar-refractivity contribution >= 4 is 39.4 Å². The van der Waals surface area contributed by atoms with E-state index in [4.69, 9.17) is 16.7 Å². The standard InChI is InChI=1S/C15H17BrClNO3/c16-12-6-3-5-11(14(12)17)15(21)18-9-2-1-4-10(18)7-8-13(19)20/h3,5-6,10H,1-2,4,7-9H2,(H,19,20). The van der Waals surface area contributed by atoms with E-state index in [-0.39, 0.29) is 18.4 Å². The fourth-order valence-electron chi connectivity index (χ4n) is 2.68.